The lowest BCUT2D eigenvalue weighted by Crippen LogP contribution is -2.59. The third kappa shape index (κ3) is 3.71. The van der Waals surface area contributed by atoms with Gasteiger partial charge in [0.25, 0.3) is 0 Å². The zero-order valence-corrected chi connectivity index (χ0v) is 13.0. The third-order valence-corrected chi connectivity index (χ3v) is 5.16. The van der Waals surface area contributed by atoms with Crippen LogP contribution in [0.4, 0.5) is 0 Å². The van der Waals surface area contributed by atoms with Gasteiger partial charge in [-0.25, -0.2) is 0 Å². The van der Waals surface area contributed by atoms with Crippen molar-refractivity contribution in [3.63, 3.8) is 0 Å². The molecule has 1 aliphatic heterocycles. The fourth-order valence-corrected chi connectivity index (χ4v) is 4.06. The van der Waals surface area contributed by atoms with Crippen molar-refractivity contribution in [3.05, 3.63) is 0 Å². The largest absolute Gasteiger partial charge is 0.378 e. The van der Waals surface area contributed by atoms with Gasteiger partial charge in [0, 0.05) is 24.7 Å². The summed E-state index contributed by atoms with van der Waals surface area (Å²) in [6.45, 7) is 7.60. The number of hydrogen-bond acceptors (Lipinski definition) is 3. The Morgan fingerprint density at radius 1 is 1.26 bits per heavy atom. The summed E-state index contributed by atoms with van der Waals surface area (Å²) in [5.41, 5.74) is 0. The second kappa shape index (κ2) is 7.61. The van der Waals surface area contributed by atoms with Crippen LogP contribution in [0.1, 0.15) is 52.4 Å². The van der Waals surface area contributed by atoms with Gasteiger partial charge in [0.15, 0.2) is 0 Å². The molecular weight excluding hydrogens is 236 g/mol. The summed E-state index contributed by atoms with van der Waals surface area (Å²) in [5.74, 6) is 0.944. The van der Waals surface area contributed by atoms with E-state index >= 15 is 0 Å². The molecule has 2 rings (SSSR count). The van der Waals surface area contributed by atoms with E-state index in [0.717, 1.165) is 31.7 Å². The highest BCUT2D eigenvalue weighted by atomic mass is 16.5. The first kappa shape index (κ1) is 15.3. The molecule has 112 valence electrons. The number of ether oxygens (including phenoxy) is 1. The molecule has 19 heavy (non-hydrogen) atoms. The van der Waals surface area contributed by atoms with Gasteiger partial charge >= 0.3 is 0 Å². The van der Waals surface area contributed by atoms with Crippen LogP contribution < -0.4 is 5.32 Å². The molecule has 2 aliphatic rings. The third-order valence-electron chi connectivity index (χ3n) is 5.16. The van der Waals surface area contributed by atoms with Crippen molar-refractivity contribution in [2.24, 2.45) is 5.92 Å². The molecule has 0 aromatic carbocycles. The number of nitrogens with one attached hydrogen (secondary N) is 1. The van der Waals surface area contributed by atoms with Crippen molar-refractivity contribution in [3.8, 4) is 0 Å². The van der Waals surface area contributed by atoms with Crippen LogP contribution >= 0.6 is 0 Å². The Bertz CT molecular complexity index is 259. The minimum atomic E-state index is 0.634. The van der Waals surface area contributed by atoms with Crippen LogP contribution in [0.2, 0.25) is 0 Å². The van der Waals surface area contributed by atoms with Gasteiger partial charge < -0.3 is 10.1 Å². The second-order valence-corrected chi connectivity index (χ2v) is 6.31. The lowest BCUT2D eigenvalue weighted by atomic mass is 9.79. The van der Waals surface area contributed by atoms with E-state index in [0.29, 0.717) is 12.1 Å². The van der Waals surface area contributed by atoms with Crippen molar-refractivity contribution in [1.29, 1.82) is 0 Å². The molecule has 0 spiro atoms. The normalized spacial score (nSPS) is 37.4. The average Bonchev–Trinajstić information content (AvgIpc) is 2.47. The Labute approximate surface area is 119 Å². The van der Waals surface area contributed by atoms with Crippen LogP contribution in [-0.4, -0.2) is 49.8 Å². The first-order valence-corrected chi connectivity index (χ1v) is 8.30. The maximum Gasteiger partial charge on any atom is 0.0622 e. The molecule has 1 N–H and O–H groups in total. The number of hydrogen-bond donors (Lipinski definition) is 1. The fourth-order valence-electron chi connectivity index (χ4n) is 4.06. The standard InChI is InChI=1S/C16H32N2O/c1-4-6-13-7-8-15(17-3)16(11-13)18-9-10-19-12-14(18)5-2/h13-17H,4-12H2,1-3H3. The predicted octanol–water partition coefficient (Wildman–Crippen LogP) is 2.65. The minimum Gasteiger partial charge on any atom is -0.378 e. The Morgan fingerprint density at radius 2 is 2.11 bits per heavy atom. The number of likely N-dealkylation sites (N-methyl/N-ethyl adjacent to an activating group) is 1. The van der Waals surface area contributed by atoms with E-state index in [1.54, 1.807) is 0 Å². The highest BCUT2D eigenvalue weighted by Gasteiger charge is 2.37. The molecule has 0 aromatic heterocycles. The van der Waals surface area contributed by atoms with Crippen LogP contribution in [0.5, 0.6) is 0 Å². The zero-order chi connectivity index (χ0) is 13.7. The van der Waals surface area contributed by atoms with Gasteiger partial charge in [0.2, 0.25) is 0 Å². The van der Waals surface area contributed by atoms with Crippen LogP contribution in [0.3, 0.4) is 0 Å². The summed E-state index contributed by atoms with van der Waals surface area (Å²) in [6, 6.07) is 2.04. The first-order chi connectivity index (χ1) is 9.30. The van der Waals surface area contributed by atoms with Gasteiger partial charge in [-0.15, -0.1) is 0 Å². The molecule has 0 radical (unpaired) electrons. The Morgan fingerprint density at radius 3 is 2.79 bits per heavy atom. The molecule has 1 saturated heterocycles. The SMILES string of the molecule is CCCC1CCC(NC)C(N2CCOCC2CC)C1. The Kier molecular flexibility index (Phi) is 6.11. The van der Waals surface area contributed by atoms with Gasteiger partial charge in [-0.3, -0.25) is 4.90 Å². The van der Waals surface area contributed by atoms with Crippen molar-refractivity contribution in [2.45, 2.75) is 70.5 Å². The Hall–Kier alpha value is -0.120. The molecule has 3 heteroatoms. The van der Waals surface area contributed by atoms with Crippen molar-refractivity contribution >= 4 is 0 Å². The highest BCUT2D eigenvalue weighted by Crippen LogP contribution is 2.32. The second-order valence-electron chi connectivity index (χ2n) is 6.31. The number of morpholine rings is 1. The van der Waals surface area contributed by atoms with E-state index in [1.165, 1.54) is 38.5 Å². The fraction of sp³-hybridized carbons (Fsp3) is 1.00. The molecule has 3 nitrogen and oxygen atoms in total. The topological polar surface area (TPSA) is 24.5 Å². The van der Waals surface area contributed by atoms with Gasteiger partial charge in [-0.05, 0) is 38.6 Å². The van der Waals surface area contributed by atoms with Crippen LogP contribution in [0, 0.1) is 5.92 Å². The molecular formula is C16H32N2O. The quantitative estimate of drug-likeness (QED) is 0.829. The van der Waals surface area contributed by atoms with Crippen LogP contribution in [0.15, 0.2) is 0 Å². The molecule has 4 atom stereocenters. The molecule has 4 unspecified atom stereocenters. The van der Waals surface area contributed by atoms with Gasteiger partial charge in [-0.2, -0.15) is 0 Å². The molecule has 0 aromatic rings. The van der Waals surface area contributed by atoms with Crippen molar-refractivity contribution in [2.75, 3.05) is 26.8 Å². The van der Waals surface area contributed by atoms with Gasteiger partial charge in [-0.1, -0.05) is 26.7 Å². The lowest BCUT2D eigenvalue weighted by molar-refractivity contribution is -0.0493. The van der Waals surface area contributed by atoms with E-state index in [-0.39, 0.29) is 0 Å². The summed E-state index contributed by atoms with van der Waals surface area (Å²) in [4.78, 5) is 2.76. The van der Waals surface area contributed by atoms with E-state index in [9.17, 15) is 0 Å². The summed E-state index contributed by atoms with van der Waals surface area (Å²) in [7, 11) is 2.14. The van der Waals surface area contributed by atoms with Crippen molar-refractivity contribution in [1.82, 2.24) is 10.2 Å². The summed E-state index contributed by atoms with van der Waals surface area (Å²) >= 11 is 0. The van der Waals surface area contributed by atoms with E-state index in [1.807, 2.05) is 0 Å². The molecule has 2 fully saturated rings. The first-order valence-electron chi connectivity index (χ1n) is 8.30. The van der Waals surface area contributed by atoms with E-state index in [2.05, 4.69) is 31.1 Å². The molecule has 1 heterocycles. The van der Waals surface area contributed by atoms with Gasteiger partial charge in [0.05, 0.1) is 13.2 Å². The van der Waals surface area contributed by atoms with Crippen LogP contribution in [0.25, 0.3) is 0 Å². The maximum absolute atomic E-state index is 5.68. The number of nitrogens with zero attached hydrogens (tertiary/aromatic N) is 1. The zero-order valence-electron chi connectivity index (χ0n) is 13.0. The van der Waals surface area contributed by atoms with E-state index in [4.69, 9.17) is 4.74 Å². The average molecular weight is 268 g/mol. The molecule has 0 bridgehead atoms. The maximum atomic E-state index is 5.68. The molecule has 1 saturated carbocycles. The van der Waals surface area contributed by atoms with Crippen molar-refractivity contribution < 1.29 is 4.74 Å². The molecule has 0 amide bonds. The Balaban J connectivity index is 2.03. The molecule has 1 aliphatic carbocycles. The van der Waals surface area contributed by atoms with Gasteiger partial charge in [0.1, 0.15) is 0 Å². The summed E-state index contributed by atoms with van der Waals surface area (Å²) in [6.07, 6.45) is 8.10. The smallest absolute Gasteiger partial charge is 0.0622 e. The lowest BCUT2D eigenvalue weighted by Gasteiger charge is -2.47. The number of rotatable bonds is 5. The predicted molar refractivity (Wildman–Crippen MR) is 80.5 cm³/mol. The minimum absolute atomic E-state index is 0.634. The highest BCUT2D eigenvalue weighted by molar-refractivity contribution is 4.93. The summed E-state index contributed by atoms with van der Waals surface area (Å²) < 4.78 is 5.68. The monoisotopic (exact) mass is 268 g/mol. The summed E-state index contributed by atoms with van der Waals surface area (Å²) in [5, 5.41) is 3.58. The van der Waals surface area contributed by atoms with Crippen LogP contribution in [-0.2, 0) is 4.74 Å². The van der Waals surface area contributed by atoms with E-state index < -0.39 is 0 Å².